The monoisotopic (exact) mass is 485 g/mol. The number of aliphatic hydroxyl groups excluding tert-OH is 2. The first-order valence-corrected chi connectivity index (χ1v) is 13.4. The molecular weight excluding hydrogens is 442 g/mol. The number of hydrogen-bond donors (Lipinski definition) is 2. The van der Waals surface area contributed by atoms with Crippen LogP contribution >= 0.6 is 0 Å². The van der Waals surface area contributed by atoms with E-state index in [2.05, 4.69) is 80.0 Å². The van der Waals surface area contributed by atoms with E-state index in [0.717, 1.165) is 49.9 Å². The van der Waals surface area contributed by atoms with Gasteiger partial charge >= 0.3 is 0 Å². The highest BCUT2D eigenvalue weighted by atomic mass is 16.3. The van der Waals surface area contributed by atoms with Crippen molar-refractivity contribution in [3.05, 3.63) is 107 Å². The average Bonchev–Trinajstić information content (AvgIpc) is 2.90. The normalized spacial score (nSPS) is 17.9. The minimum atomic E-state index is 0.145. The van der Waals surface area contributed by atoms with Gasteiger partial charge in [0.25, 0.3) is 0 Å². The van der Waals surface area contributed by atoms with Crippen molar-refractivity contribution in [1.82, 2.24) is 4.90 Å². The Bertz CT molecular complexity index is 1080. The third-order valence-electron chi connectivity index (χ3n) is 7.06. The van der Waals surface area contributed by atoms with Gasteiger partial charge < -0.3 is 10.2 Å². The van der Waals surface area contributed by atoms with Crippen LogP contribution in [0.1, 0.15) is 70.4 Å². The molecule has 36 heavy (non-hydrogen) atoms. The Labute approximate surface area is 218 Å². The van der Waals surface area contributed by atoms with Crippen LogP contribution in [0.3, 0.4) is 0 Å². The van der Waals surface area contributed by atoms with Crippen LogP contribution < -0.4 is 0 Å². The average molecular weight is 486 g/mol. The molecule has 3 heteroatoms. The molecule has 0 amide bonds. The molecule has 0 spiro atoms. The Morgan fingerprint density at radius 1 is 1.08 bits per heavy atom. The maximum absolute atomic E-state index is 9.99. The first-order chi connectivity index (χ1) is 17.4. The molecule has 0 bridgehead atoms. The summed E-state index contributed by atoms with van der Waals surface area (Å²) in [7, 11) is 0. The molecule has 0 atom stereocenters. The molecule has 1 aliphatic heterocycles. The summed E-state index contributed by atoms with van der Waals surface area (Å²) in [4.78, 5) is 2.50. The third-order valence-corrected chi connectivity index (χ3v) is 7.06. The maximum Gasteiger partial charge on any atom is 0.0926 e. The third kappa shape index (κ3) is 7.56. The van der Waals surface area contributed by atoms with Gasteiger partial charge in [-0.25, -0.2) is 0 Å². The predicted octanol–water partition coefficient (Wildman–Crippen LogP) is 7.95. The zero-order valence-electron chi connectivity index (χ0n) is 22.3. The van der Waals surface area contributed by atoms with Crippen LogP contribution in [0.2, 0.25) is 0 Å². The summed E-state index contributed by atoms with van der Waals surface area (Å²) < 4.78 is 0. The molecule has 192 valence electrons. The number of allylic oxidation sites excluding steroid dienone is 11. The lowest BCUT2D eigenvalue weighted by Crippen LogP contribution is -2.34. The molecule has 0 aromatic heterocycles. The maximum atomic E-state index is 9.99. The van der Waals surface area contributed by atoms with Crippen molar-refractivity contribution in [3.63, 3.8) is 0 Å². The standard InChI is InChI=1S/C33H43NO2/c1-5-6-7-8-10-26(4)32(11-9-24-35)33(30-16-18-31(36)19-17-30)29-14-12-27(13-15-29)28-20-22-34(23-21-28)25(2)3/h5-6,8,10,12-16,18,20,25,35-36H,4,7,9,11,17,19,21-24H2,1-3H3/b6-5-,10-8-,33-32+. The van der Waals surface area contributed by atoms with E-state index < -0.39 is 0 Å². The Morgan fingerprint density at radius 3 is 2.44 bits per heavy atom. The van der Waals surface area contributed by atoms with Gasteiger partial charge in [-0.1, -0.05) is 67.3 Å². The minimum absolute atomic E-state index is 0.145. The zero-order chi connectivity index (χ0) is 25.9. The summed E-state index contributed by atoms with van der Waals surface area (Å²) in [6, 6.07) is 9.53. The Morgan fingerprint density at radius 2 is 1.86 bits per heavy atom. The van der Waals surface area contributed by atoms with Crippen molar-refractivity contribution in [2.45, 2.75) is 65.3 Å². The molecule has 2 N–H and O–H groups in total. The number of aliphatic hydroxyl groups is 2. The molecule has 0 fully saturated rings. The van der Waals surface area contributed by atoms with Crippen LogP contribution in [0.25, 0.3) is 11.1 Å². The van der Waals surface area contributed by atoms with Gasteiger partial charge in [-0.15, -0.1) is 0 Å². The smallest absolute Gasteiger partial charge is 0.0926 e. The Balaban J connectivity index is 2.01. The minimum Gasteiger partial charge on any atom is -0.512 e. The van der Waals surface area contributed by atoms with Gasteiger partial charge in [-0.05, 0) is 97.9 Å². The second kappa shape index (κ2) is 14.0. The lowest BCUT2D eigenvalue weighted by molar-refractivity contribution is 0.245. The van der Waals surface area contributed by atoms with E-state index in [9.17, 15) is 10.2 Å². The fraction of sp³-hybridized carbons (Fsp3) is 0.394. The molecule has 0 unspecified atom stereocenters. The van der Waals surface area contributed by atoms with Crippen molar-refractivity contribution in [1.29, 1.82) is 0 Å². The summed E-state index contributed by atoms with van der Waals surface area (Å²) in [6.07, 6.45) is 19.5. The lowest BCUT2D eigenvalue weighted by atomic mass is 9.83. The van der Waals surface area contributed by atoms with Crippen LogP contribution in [0.4, 0.5) is 0 Å². The molecule has 1 aliphatic carbocycles. The largest absolute Gasteiger partial charge is 0.512 e. The van der Waals surface area contributed by atoms with Crippen molar-refractivity contribution in [2.75, 3.05) is 19.7 Å². The first kappa shape index (κ1) is 27.7. The summed E-state index contributed by atoms with van der Waals surface area (Å²) in [6.45, 7) is 13.2. The van der Waals surface area contributed by atoms with Crippen LogP contribution in [-0.4, -0.2) is 40.9 Å². The molecule has 0 saturated carbocycles. The predicted molar refractivity (Wildman–Crippen MR) is 155 cm³/mol. The van der Waals surface area contributed by atoms with E-state index in [1.54, 1.807) is 0 Å². The fourth-order valence-electron chi connectivity index (χ4n) is 4.88. The first-order valence-electron chi connectivity index (χ1n) is 13.4. The van der Waals surface area contributed by atoms with Crippen LogP contribution in [0.5, 0.6) is 0 Å². The van der Waals surface area contributed by atoms with Gasteiger partial charge in [0.1, 0.15) is 0 Å². The summed E-state index contributed by atoms with van der Waals surface area (Å²) >= 11 is 0. The molecule has 3 rings (SSSR count). The molecular formula is C33H43NO2. The molecule has 1 aromatic carbocycles. The number of benzene rings is 1. The number of nitrogens with zero attached hydrogens (tertiary/aromatic N) is 1. The number of hydrogen-bond acceptors (Lipinski definition) is 3. The zero-order valence-corrected chi connectivity index (χ0v) is 22.3. The SMILES string of the molecule is C=C(/C=C\C/C=C\C)/C(CCCO)=C(/C1=CC=C(O)CC1)c1ccc(C2=CCN(C(C)C)CC2)cc1. The Hall–Kier alpha value is -2.88. The molecule has 2 aliphatic rings. The molecule has 1 aromatic rings. The highest BCUT2D eigenvalue weighted by Crippen LogP contribution is 2.38. The second-order valence-electron chi connectivity index (χ2n) is 9.91. The molecule has 0 saturated heterocycles. The van der Waals surface area contributed by atoms with E-state index in [1.165, 1.54) is 27.9 Å². The van der Waals surface area contributed by atoms with Crippen molar-refractivity contribution >= 4 is 11.1 Å². The van der Waals surface area contributed by atoms with Crippen molar-refractivity contribution < 1.29 is 10.2 Å². The van der Waals surface area contributed by atoms with Gasteiger partial charge in [0.2, 0.25) is 0 Å². The van der Waals surface area contributed by atoms with E-state index >= 15 is 0 Å². The van der Waals surface area contributed by atoms with Gasteiger partial charge in [0, 0.05) is 32.2 Å². The van der Waals surface area contributed by atoms with E-state index in [-0.39, 0.29) is 6.61 Å². The summed E-state index contributed by atoms with van der Waals surface area (Å²) in [5, 5.41) is 19.6. The van der Waals surface area contributed by atoms with Crippen LogP contribution in [-0.2, 0) is 0 Å². The van der Waals surface area contributed by atoms with Crippen LogP contribution in [0.15, 0.2) is 95.9 Å². The van der Waals surface area contributed by atoms with Gasteiger partial charge in [-0.3, -0.25) is 4.90 Å². The fourth-order valence-corrected chi connectivity index (χ4v) is 4.88. The van der Waals surface area contributed by atoms with Gasteiger partial charge in [0.05, 0.1) is 5.76 Å². The van der Waals surface area contributed by atoms with Crippen molar-refractivity contribution in [3.8, 4) is 0 Å². The Kier molecular flexibility index (Phi) is 10.8. The van der Waals surface area contributed by atoms with E-state index in [0.29, 0.717) is 24.6 Å². The van der Waals surface area contributed by atoms with Crippen LogP contribution in [0, 0.1) is 0 Å². The molecule has 1 heterocycles. The molecule has 0 radical (unpaired) electrons. The van der Waals surface area contributed by atoms with Gasteiger partial charge in [0.15, 0.2) is 0 Å². The quantitative estimate of drug-likeness (QED) is 0.247. The highest BCUT2D eigenvalue weighted by molar-refractivity contribution is 5.85. The van der Waals surface area contributed by atoms with Crippen molar-refractivity contribution in [2.24, 2.45) is 0 Å². The second-order valence-corrected chi connectivity index (χ2v) is 9.91. The number of rotatable bonds is 11. The summed E-state index contributed by atoms with van der Waals surface area (Å²) in [5.74, 6) is 0.426. The van der Waals surface area contributed by atoms with E-state index in [1.807, 2.05) is 19.1 Å². The van der Waals surface area contributed by atoms with E-state index in [4.69, 9.17) is 0 Å². The van der Waals surface area contributed by atoms with Gasteiger partial charge in [-0.2, -0.15) is 0 Å². The topological polar surface area (TPSA) is 43.7 Å². The molecule has 3 nitrogen and oxygen atoms in total. The highest BCUT2D eigenvalue weighted by Gasteiger charge is 2.19. The summed E-state index contributed by atoms with van der Waals surface area (Å²) in [5.41, 5.74) is 8.42. The lowest BCUT2D eigenvalue weighted by Gasteiger charge is -2.29.